The highest BCUT2D eigenvalue weighted by Crippen LogP contribution is 2.18. The number of carbonyl (C=O) groups excluding carboxylic acids is 1. The third kappa shape index (κ3) is 3.52. The first-order chi connectivity index (χ1) is 9.15. The summed E-state index contributed by atoms with van der Waals surface area (Å²) in [4.78, 5) is 16.2. The Morgan fingerprint density at radius 3 is 3.00 bits per heavy atom. The molecule has 104 valence electrons. The van der Waals surface area contributed by atoms with Gasteiger partial charge in [-0.2, -0.15) is 0 Å². The van der Waals surface area contributed by atoms with Gasteiger partial charge in [0.1, 0.15) is 0 Å². The van der Waals surface area contributed by atoms with E-state index in [9.17, 15) is 4.79 Å². The molecule has 5 nitrogen and oxygen atoms in total. The fraction of sp³-hybridized carbons (Fsp3) is 0.571. The predicted molar refractivity (Wildman–Crippen MR) is 73.2 cm³/mol. The number of aryl methyl sites for hydroxylation is 1. The fourth-order valence-electron chi connectivity index (χ4n) is 2.42. The number of pyridine rings is 1. The average Bonchev–Trinajstić information content (AvgIpc) is 2.86. The lowest BCUT2D eigenvalue weighted by Gasteiger charge is -2.28. The summed E-state index contributed by atoms with van der Waals surface area (Å²) < 4.78 is 5.26. The summed E-state index contributed by atoms with van der Waals surface area (Å²) in [5, 5.41) is 6.40. The Morgan fingerprint density at radius 2 is 2.42 bits per heavy atom. The van der Waals surface area contributed by atoms with Crippen LogP contribution in [0.5, 0.6) is 0 Å². The number of hydrogen-bond acceptors (Lipinski definition) is 4. The number of rotatable bonds is 5. The molecule has 2 rings (SSSR count). The number of nitrogens with one attached hydrogen (secondary N) is 2. The molecule has 1 aliphatic heterocycles. The van der Waals surface area contributed by atoms with Gasteiger partial charge in [-0.1, -0.05) is 0 Å². The summed E-state index contributed by atoms with van der Waals surface area (Å²) >= 11 is 0. The maximum Gasteiger partial charge on any atom is 0.252 e. The number of carbonyl (C=O) groups is 1. The summed E-state index contributed by atoms with van der Waals surface area (Å²) in [6, 6.07) is 3.64. The highest BCUT2D eigenvalue weighted by Gasteiger charge is 2.33. The van der Waals surface area contributed by atoms with E-state index in [2.05, 4.69) is 15.6 Å². The Kier molecular flexibility index (Phi) is 4.50. The van der Waals surface area contributed by atoms with Crippen molar-refractivity contribution in [1.82, 2.24) is 15.6 Å². The van der Waals surface area contributed by atoms with Crippen LogP contribution in [0.2, 0.25) is 0 Å². The molecule has 1 saturated heterocycles. The number of ether oxygens (including phenoxy) is 1. The van der Waals surface area contributed by atoms with Crippen LogP contribution in [0.25, 0.3) is 0 Å². The molecule has 1 fully saturated rings. The van der Waals surface area contributed by atoms with E-state index < -0.39 is 0 Å². The molecule has 0 spiro atoms. The topological polar surface area (TPSA) is 63.2 Å². The van der Waals surface area contributed by atoms with Crippen LogP contribution < -0.4 is 10.6 Å². The zero-order valence-corrected chi connectivity index (χ0v) is 11.5. The van der Waals surface area contributed by atoms with Crippen LogP contribution in [0.4, 0.5) is 0 Å². The number of aromatic nitrogens is 1. The molecule has 5 heteroatoms. The molecule has 0 bridgehead atoms. The molecular formula is C14H21N3O2. The molecule has 19 heavy (non-hydrogen) atoms. The SMILES string of the molecule is COCC1(CNC(=O)c2ccc(C)nc2)CCCN1. The van der Waals surface area contributed by atoms with Gasteiger partial charge in [-0.25, -0.2) is 0 Å². The largest absolute Gasteiger partial charge is 0.383 e. The second-order valence-corrected chi connectivity index (χ2v) is 5.11. The third-order valence-corrected chi connectivity index (χ3v) is 3.51. The summed E-state index contributed by atoms with van der Waals surface area (Å²) in [6.07, 6.45) is 3.74. The van der Waals surface area contributed by atoms with Crippen molar-refractivity contribution in [3.05, 3.63) is 29.6 Å². The normalized spacial score (nSPS) is 22.4. The molecule has 1 aliphatic rings. The van der Waals surface area contributed by atoms with Crippen LogP contribution >= 0.6 is 0 Å². The van der Waals surface area contributed by atoms with Crippen LogP contribution in [0.15, 0.2) is 18.3 Å². The van der Waals surface area contributed by atoms with Gasteiger partial charge in [0.2, 0.25) is 0 Å². The van der Waals surface area contributed by atoms with Crippen molar-refractivity contribution in [3.8, 4) is 0 Å². The Morgan fingerprint density at radius 1 is 1.58 bits per heavy atom. The lowest BCUT2D eigenvalue weighted by molar-refractivity contribution is 0.0892. The maximum atomic E-state index is 12.0. The highest BCUT2D eigenvalue weighted by molar-refractivity contribution is 5.93. The second-order valence-electron chi connectivity index (χ2n) is 5.11. The third-order valence-electron chi connectivity index (χ3n) is 3.51. The van der Waals surface area contributed by atoms with Crippen molar-refractivity contribution >= 4 is 5.91 Å². The molecule has 0 aromatic carbocycles. The number of methoxy groups -OCH3 is 1. The van der Waals surface area contributed by atoms with Crippen LogP contribution in [0.1, 0.15) is 28.9 Å². The first-order valence-corrected chi connectivity index (χ1v) is 6.60. The minimum absolute atomic E-state index is 0.0864. The van der Waals surface area contributed by atoms with Gasteiger partial charge in [-0.05, 0) is 38.4 Å². The summed E-state index contributed by atoms with van der Waals surface area (Å²) in [5.41, 5.74) is 1.38. The van der Waals surface area contributed by atoms with Gasteiger partial charge >= 0.3 is 0 Å². The van der Waals surface area contributed by atoms with E-state index in [1.165, 1.54) is 0 Å². The average molecular weight is 263 g/mol. The van der Waals surface area contributed by atoms with Gasteiger partial charge in [-0.15, -0.1) is 0 Å². The molecule has 0 aliphatic carbocycles. The maximum absolute atomic E-state index is 12.0. The molecule has 2 heterocycles. The van der Waals surface area contributed by atoms with Gasteiger partial charge < -0.3 is 15.4 Å². The van der Waals surface area contributed by atoms with Gasteiger partial charge in [-0.3, -0.25) is 9.78 Å². The highest BCUT2D eigenvalue weighted by atomic mass is 16.5. The number of amides is 1. The molecule has 1 aromatic heterocycles. The van der Waals surface area contributed by atoms with Gasteiger partial charge in [0.05, 0.1) is 17.7 Å². The van der Waals surface area contributed by atoms with E-state index in [1.54, 1.807) is 19.4 Å². The van der Waals surface area contributed by atoms with E-state index in [-0.39, 0.29) is 11.4 Å². The zero-order valence-electron chi connectivity index (χ0n) is 11.5. The molecule has 1 aromatic rings. The van der Waals surface area contributed by atoms with E-state index in [0.29, 0.717) is 18.7 Å². The first-order valence-electron chi connectivity index (χ1n) is 6.60. The standard InChI is InChI=1S/C14H21N3O2/c1-11-4-5-12(8-15-11)13(18)16-9-14(10-19-2)6-3-7-17-14/h4-5,8,17H,3,6-7,9-10H2,1-2H3,(H,16,18). The van der Waals surface area contributed by atoms with Crippen LogP contribution in [0.3, 0.4) is 0 Å². The number of hydrogen-bond donors (Lipinski definition) is 2. The van der Waals surface area contributed by atoms with E-state index in [4.69, 9.17) is 4.74 Å². The Labute approximate surface area is 113 Å². The van der Waals surface area contributed by atoms with Crippen molar-refractivity contribution in [2.24, 2.45) is 0 Å². The molecule has 0 saturated carbocycles. The Bertz CT molecular complexity index is 425. The van der Waals surface area contributed by atoms with Gasteiger partial charge in [0.15, 0.2) is 0 Å². The quantitative estimate of drug-likeness (QED) is 0.828. The monoisotopic (exact) mass is 263 g/mol. The number of nitrogens with zero attached hydrogens (tertiary/aromatic N) is 1. The minimum atomic E-state index is -0.122. The summed E-state index contributed by atoms with van der Waals surface area (Å²) in [6.45, 7) is 4.07. The van der Waals surface area contributed by atoms with Crippen molar-refractivity contribution in [1.29, 1.82) is 0 Å². The summed E-state index contributed by atoms with van der Waals surface area (Å²) in [5.74, 6) is -0.0864. The lowest BCUT2D eigenvalue weighted by Crippen LogP contribution is -2.53. The van der Waals surface area contributed by atoms with Gasteiger partial charge in [0.25, 0.3) is 5.91 Å². The van der Waals surface area contributed by atoms with Crippen molar-refractivity contribution in [2.45, 2.75) is 25.3 Å². The van der Waals surface area contributed by atoms with Crippen molar-refractivity contribution in [2.75, 3.05) is 26.8 Å². The molecule has 0 radical (unpaired) electrons. The van der Waals surface area contributed by atoms with Gasteiger partial charge in [0, 0.05) is 25.5 Å². The first kappa shape index (κ1) is 14.0. The van der Waals surface area contributed by atoms with E-state index >= 15 is 0 Å². The van der Waals surface area contributed by atoms with Crippen LogP contribution in [-0.2, 0) is 4.74 Å². The molecule has 1 amide bonds. The summed E-state index contributed by atoms with van der Waals surface area (Å²) in [7, 11) is 1.69. The second kappa shape index (κ2) is 6.12. The Hall–Kier alpha value is -1.46. The molecular weight excluding hydrogens is 242 g/mol. The van der Waals surface area contributed by atoms with E-state index in [1.807, 2.05) is 13.0 Å². The van der Waals surface area contributed by atoms with E-state index in [0.717, 1.165) is 25.1 Å². The minimum Gasteiger partial charge on any atom is -0.383 e. The Balaban J connectivity index is 1.93. The molecule has 2 N–H and O–H groups in total. The zero-order chi connectivity index (χ0) is 13.7. The van der Waals surface area contributed by atoms with Crippen molar-refractivity contribution < 1.29 is 9.53 Å². The lowest BCUT2D eigenvalue weighted by atomic mass is 9.98. The molecule has 1 atom stereocenters. The predicted octanol–water partition coefficient (Wildman–Crippen LogP) is 0.888. The van der Waals surface area contributed by atoms with Crippen molar-refractivity contribution in [3.63, 3.8) is 0 Å². The van der Waals surface area contributed by atoms with Crippen LogP contribution in [0, 0.1) is 6.92 Å². The molecule has 1 unspecified atom stereocenters. The van der Waals surface area contributed by atoms with Crippen LogP contribution in [-0.4, -0.2) is 43.2 Å². The fourth-order valence-corrected chi connectivity index (χ4v) is 2.42. The smallest absolute Gasteiger partial charge is 0.252 e.